The molecule has 0 spiro atoms. The summed E-state index contributed by atoms with van der Waals surface area (Å²) in [5, 5.41) is 12.0. The number of amides is 1. The molecule has 2 N–H and O–H groups in total. The van der Waals surface area contributed by atoms with Crippen molar-refractivity contribution in [3.05, 3.63) is 0 Å². The topological polar surface area (TPSA) is 49.3 Å². The maximum Gasteiger partial charge on any atom is 0.404 e. The molecule has 1 aliphatic rings. The Kier molecular flexibility index (Phi) is 3.85. The van der Waals surface area contributed by atoms with Crippen LogP contribution in [0.25, 0.3) is 0 Å². The molecule has 0 aromatic carbocycles. The van der Waals surface area contributed by atoms with Crippen molar-refractivity contribution in [2.45, 2.75) is 31.7 Å². The Labute approximate surface area is 80.7 Å². The lowest BCUT2D eigenvalue weighted by Crippen LogP contribution is -2.36. The van der Waals surface area contributed by atoms with Crippen LogP contribution in [0.4, 0.5) is 4.79 Å². The second kappa shape index (κ2) is 4.70. The SMILES string of the molecule is O=C(O)NC1CCC(CBr)CC1. The van der Waals surface area contributed by atoms with Crippen LogP contribution in [0.2, 0.25) is 0 Å². The highest BCUT2D eigenvalue weighted by Crippen LogP contribution is 2.25. The molecule has 70 valence electrons. The zero-order valence-electron chi connectivity index (χ0n) is 6.92. The van der Waals surface area contributed by atoms with Crippen LogP contribution >= 0.6 is 15.9 Å². The molecule has 0 aromatic heterocycles. The number of rotatable bonds is 2. The molecule has 0 radical (unpaired) electrons. The zero-order chi connectivity index (χ0) is 8.97. The molecule has 0 heterocycles. The Balaban J connectivity index is 2.21. The molecule has 0 aliphatic heterocycles. The third-order valence-corrected chi connectivity index (χ3v) is 3.31. The van der Waals surface area contributed by atoms with Gasteiger partial charge in [-0.15, -0.1) is 0 Å². The minimum atomic E-state index is -0.891. The van der Waals surface area contributed by atoms with Crippen LogP contribution in [0.1, 0.15) is 25.7 Å². The molecular weight excluding hydrogens is 222 g/mol. The van der Waals surface area contributed by atoms with Gasteiger partial charge in [0, 0.05) is 11.4 Å². The third-order valence-electron chi connectivity index (χ3n) is 2.39. The number of hydrogen-bond donors (Lipinski definition) is 2. The molecule has 0 atom stereocenters. The largest absolute Gasteiger partial charge is 0.465 e. The highest BCUT2D eigenvalue weighted by atomic mass is 79.9. The van der Waals surface area contributed by atoms with Gasteiger partial charge < -0.3 is 10.4 Å². The summed E-state index contributed by atoms with van der Waals surface area (Å²) in [5.74, 6) is 0.747. The zero-order valence-corrected chi connectivity index (χ0v) is 8.51. The van der Waals surface area contributed by atoms with E-state index in [9.17, 15) is 4.79 Å². The van der Waals surface area contributed by atoms with Crippen molar-refractivity contribution in [1.29, 1.82) is 0 Å². The van der Waals surface area contributed by atoms with Crippen molar-refractivity contribution < 1.29 is 9.90 Å². The van der Waals surface area contributed by atoms with Gasteiger partial charge in [-0.25, -0.2) is 4.79 Å². The Bertz CT molecular complexity index is 155. The van der Waals surface area contributed by atoms with Gasteiger partial charge in [-0.1, -0.05) is 15.9 Å². The fourth-order valence-electron chi connectivity index (χ4n) is 1.64. The van der Waals surface area contributed by atoms with Gasteiger partial charge in [-0.05, 0) is 31.6 Å². The van der Waals surface area contributed by atoms with E-state index in [0.29, 0.717) is 0 Å². The number of halogens is 1. The summed E-state index contributed by atoms with van der Waals surface area (Å²) in [5.41, 5.74) is 0. The van der Waals surface area contributed by atoms with E-state index in [0.717, 1.165) is 36.9 Å². The first-order valence-electron chi connectivity index (χ1n) is 4.27. The standard InChI is InChI=1S/C8H14BrNO2/c9-5-6-1-3-7(4-2-6)10-8(11)12/h6-7,10H,1-5H2,(H,11,12). The van der Waals surface area contributed by atoms with Crippen molar-refractivity contribution >= 4 is 22.0 Å². The third kappa shape index (κ3) is 3.01. The average Bonchev–Trinajstić information content (AvgIpc) is 2.05. The molecule has 0 saturated heterocycles. The first-order valence-corrected chi connectivity index (χ1v) is 5.40. The molecule has 1 amide bonds. The normalized spacial score (nSPS) is 29.8. The first-order chi connectivity index (χ1) is 5.72. The van der Waals surface area contributed by atoms with Crippen LogP contribution < -0.4 is 5.32 Å². The maximum atomic E-state index is 10.3. The Morgan fingerprint density at radius 1 is 1.42 bits per heavy atom. The molecule has 0 bridgehead atoms. The molecule has 0 unspecified atom stereocenters. The molecule has 1 aliphatic carbocycles. The molecule has 0 aromatic rings. The van der Waals surface area contributed by atoms with E-state index >= 15 is 0 Å². The predicted molar refractivity (Wildman–Crippen MR) is 50.7 cm³/mol. The average molecular weight is 236 g/mol. The molecule has 1 rings (SSSR count). The molecular formula is C8H14BrNO2. The van der Waals surface area contributed by atoms with E-state index in [1.54, 1.807) is 0 Å². The second-order valence-corrected chi connectivity index (χ2v) is 3.97. The molecule has 1 fully saturated rings. The quantitative estimate of drug-likeness (QED) is 0.722. The lowest BCUT2D eigenvalue weighted by molar-refractivity contribution is 0.183. The van der Waals surface area contributed by atoms with Crippen molar-refractivity contribution in [3.63, 3.8) is 0 Å². The van der Waals surface area contributed by atoms with E-state index in [1.165, 1.54) is 0 Å². The van der Waals surface area contributed by atoms with E-state index in [-0.39, 0.29) is 6.04 Å². The van der Waals surface area contributed by atoms with Crippen LogP contribution in [0, 0.1) is 5.92 Å². The summed E-state index contributed by atoms with van der Waals surface area (Å²) in [6.07, 6.45) is 3.36. The monoisotopic (exact) mass is 235 g/mol. The number of carboxylic acid groups (broad SMARTS) is 1. The first kappa shape index (κ1) is 9.84. The number of nitrogens with one attached hydrogen (secondary N) is 1. The van der Waals surface area contributed by atoms with E-state index in [4.69, 9.17) is 5.11 Å². The lowest BCUT2D eigenvalue weighted by Gasteiger charge is -2.26. The molecule has 4 heteroatoms. The van der Waals surface area contributed by atoms with Gasteiger partial charge >= 0.3 is 6.09 Å². The van der Waals surface area contributed by atoms with Crippen LogP contribution in [-0.4, -0.2) is 22.6 Å². The number of carbonyl (C=O) groups is 1. The fourth-order valence-corrected chi connectivity index (χ4v) is 2.28. The summed E-state index contributed by atoms with van der Waals surface area (Å²) in [6.45, 7) is 0. The van der Waals surface area contributed by atoms with Gasteiger partial charge in [-0.2, -0.15) is 0 Å². The highest BCUT2D eigenvalue weighted by Gasteiger charge is 2.20. The summed E-state index contributed by atoms with van der Waals surface area (Å²) in [6, 6.07) is 0.192. The van der Waals surface area contributed by atoms with Crippen LogP contribution in [0.5, 0.6) is 0 Å². The molecule has 1 saturated carbocycles. The van der Waals surface area contributed by atoms with Crippen molar-refractivity contribution in [2.75, 3.05) is 5.33 Å². The number of hydrogen-bond acceptors (Lipinski definition) is 1. The van der Waals surface area contributed by atoms with E-state index in [1.807, 2.05) is 0 Å². The highest BCUT2D eigenvalue weighted by molar-refractivity contribution is 9.09. The Morgan fingerprint density at radius 3 is 2.42 bits per heavy atom. The summed E-state index contributed by atoms with van der Waals surface area (Å²) in [7, 11) is 0. The summed E-state index contributed by atoms with van der Waals surface area (Å²) < 4.78 is 0. The minimum Gasteiger partial charge on any atom is -0.465 e. The Morgan fingerprint density at radius 2 is 2.00 bits per heavy atom. The van der Waals surface area contributed by atoms with Gasteiger partial charge in [0.2, 0.25) is 0 Å². The molecule has 3 nitrogen and oxygen atoms in total. The van der Waals surface area contributed by atoms with Crippen LogP contribution in [0.3, 0.4) is 0 Å². The fraction of sp³-hybridized carbons (Fsp3) is 0.875. The van der Waals surface area contributed by atoms with Gasteiger partial charge in [0.1, 0.15) is 0 Å². The number of alkyl halides is 1. The predicted octanol–water partition coefficient (Wildman–Crippen LogP) is 2.21. The summed E-state index contributed by atoms with van der Waals surface area (Å²) in [4.78, 5) is 10.3. The van der Waals surface area contributed by atoms with E-state index in [2.05, 4.69) is 21.2 Å². The van der Waals surface area contributed by atoms with Gasteiger partial charge in [0.25, 0.3) is 0 Å². The van der Waals surface area contributed by atoms with Crippen LogP contribution in [-0.2, 0) is 0 Å². The van der Waals surface area contributed by atoms with Gasteiger partial charge in [0.05, 0.1) is 0 Å². The lowest BCUT2D eigenvalue weighted by atomic mass is 9.87. The second-order valence-electron chi connectivity index (χ2n) is 3.32. The van der Waals surface area contributed by atoms with Crippen LogP contribution in [0.15, 0.2) is 0 Å². The van der Waals surface area contributed by atoms with Crippen molar-refractivity contribution in [3.8, 4) is 0 Å². The van der Waals surface area contributed by atoms with Crippen molar-refractivity contribution in [2.24, 2.45) is 5.92 Å². The van der Waals surface area contributed by atoms with Gasteiger partial charge in [0.15, 0.2) is 0 Å². The van der Waals surface area contributed by atoms with Crippen molar-refractivity contribution in [1.82, 2.24) is 5.32 Å². The minimum absolute atomic E-state index is 0.192. The maximum absolute atomic E-state index is 10.3. The Hall–Kier alpha value is -0.250. The summed E-state index contributed by atoms with van der Waals surface area (Å²) >= 11 is 3.44. The van der Waals surface area contributed by atoms with Gasteiger partial charge in [-0.3, -0.25) is 0 Å². The van der Waals surface area contributed by atoms with E-state index < -0.39 is 6.09 Å². The smallest absolute Gasteiger partial charge is 0.404 e. The molecule has 12 heavy (non-hydrogen) atoms.